The van der Waals surface area contributed by atoms with Crippen LogP contribution in [0.2, 0.25) is 0 Å². The van der Waals surface area contributed by atoms with Gasteiger partial charge < -0.3 is 4.74 Å². The van der Waals surface area contributed by atoms with Crippen molar-refractivity contribution in [1.29, 1.82) is 0 Å². The van der Waals surface area contributed by atoms with E-state index in [1.54, 1.807) is 0 Å². The van der Waals surface area contributed by atoms with E-state index in [1.807, 2.05) is 44.2 Å². The molecule has 1 aliphatic rings. The van der Waals surface area contributed by atoms with Crippen LogP contribution in [-0.2, 0) is 9.53 Å². The van der Waals surface area contributed by atoms with E-state index in [0.29, 0.717) is 13.2 Å². The van der Waals surface area contributed by atoms with E-state index in [9.17, 15) is 9.59 Å². The van der Waals surface area contributed by atoms with Crippen LogP contribution in [0.15, 0.2) is 30.3 Å². The van der Waals surface area contributed by atoms with Gasteiger partial charge in [0.1, 0.15) is 6.61 Å². The second kappa shape index (κ2) is 5.21. The minimum absolute atomic E-state index is 0.133. The van der Waals surface area contributed by atoms with E-state index < -0.39 is 6.09 Å². The standard InChI is InChI=1S/C14H17NO3/c1-10(2)12(11-6-4-3-5-7-11)13(16)15-8-9-18-14(15)17/h3-7,10,12H,8-9H2,1-2H3/t12-/m1/s1. The fraction of sp³-hybridized carbons (Fsp3) is 0.429. The molecule has 1 saturated heterocycles. The Morgan fingerprint density at radius 2 is 1.94 bits per heavy atom. The van der Waals surface area contributed by atoms with Gasteiger partial charge in [0, 0.05) is 0 Å². The van der Waals surface area contributed by atoms with E-state index >= 15 is 0 Å². The Labute approximate surface area is 107 Å². The van der Waals surface area contributed by atoms with E-state index in [2.05, 4.69) is 0 Å². The molecule has 4 nitrogen and oxygen atoms in total. The Morgan fingerprint density at radius 1 is 1.28 bits per heavy atom. The fourth-order valence-corrected chi connectivity index (χ4v) is 2.23. The molecule has 1 aromatic carbocycles. The summed E-state index contributed by atoms with van der Waals surface area (Å²) in [6, 6.07) is 9.56. The van der Waals surface area contributed by atoms with Crippen molar-refractivity contribution in [1.82, 2.24) is 4.90 Å². The first-order valence-corrected chi connectivity index (χ1v) is 6.14. The van der Waals surface area contributed by atoms with Crippen LogP contribution < -0.4 is 0 Å². The molecule has 2 rings (SSSR count). The second-order valence-corrected chi connectivity index (χ2v) is 4.74. The highest BCUT2D eigenvalue weighted by atomic mass is 16.6. The maximum absolute atomic E-state index is 12.4. The summed E-state index contributed by atoms with van der Waals surface area (Å²) in [7, 11) is 0. The minimum atomic E-state index is -0.526. The third-order valence-corrected chi connectivity index (χ3v) is 3.12. The Balaban J connectivity index is 2.26. The molecule has 0 bridgehead atoms. The molecule has 1 atom stereocenters. The van der Waals surface area contributed by atoms with Crippen LogP contribution in [0.4, 0.5) is 4.79 Å². The number of rotatable bonds is 3. The summed E-state index contributed by atoms with van der Waals surface area (Å²) in [5.74, 6) is -0.330. The molecule has 0 aliphatic carbocycles. The molecule has 2 amide bonds. The summed E-state index contributed by atoms with van der Waals surface area (Å²) in [5.41, 5.74) is 0.942. The van der Waals surface area contributed by atoms with Gasteiger partial charge >= 0.3 is 6.09 Å². The predicted molar refractivity (Wildman–Crippen MR) is 67.1 cm³/mol. The number of imide groups is 1. The number of benzene rings is 1. The first-order valence-electron chi connectivity index (χ1n) is 6.14. The molecule has 96 valence electrons. The quantitative estimate of drug-likeness (QED) is 0.824. The number of cyclic esters (lactones) is 1. The highest BCUT2D eigenvalue weighted by Gasteiger charge is 2.35. The van der Waals surface area contributed by atoms with Crippen molar-refractivity contribution in [2.45, 2.75) is 19.8 Å². The number of amides is 2. The van der Waals surface area contributed by atoms with Gasteiger partial charge in [0.25, 0.3) is 0 Å². The van der Waals surface area contributed by atoms with Gasteiger partial charge in [-0.15, -0.1) is 0 Å². The molecular formula is C14H17NO3. The number of nitrogens with zero attached hydrogens (tertiary/aromatic N) is 1. The van der Waals surface area contributed by atoms with Crippen LogP contribution in [0.3, 0.4) is 0 Å². The van der Waals surface area contributed by atoms with Crippen molar-refractivity contribution in [2.24, 2.45) is 5.92 Å². The van der Waals surface area contributed by atoms with Gasteiger partial charge in [-0.2, -0.15) is 0 Å². The molecule has 0 spiro atoms. The smallest absolute Gasteiger partial charge is 0.416 e. The summed E-state index contributed by atoms with van der Waals surface area (Å²) in [5, 5.41) is 0. The Kier molecular flexibility index (Phi) is 3.65. The van der Waals surface area contributed by atoms with Crippen molar-refractivity contribution in [3.8, 4) is 0 Å². The lowest BCUT2D eigenvalue weighted by Crippen LogP contribution is -2.37. The summed E-state index contributed by atoms with van der Waals surface area (Å²) in [6.07, 6.45) is -0.526. The van der Waals surface area contributed by atoms with Gasteiger partial charge in [-0.05, 0) is 11.5 Å². The van der Waals surface area contributed by atoms with Crippen molar-refractivity contribution >= 4 is 12.0 Å². The summed E-state index contributed by atoms with van der Waals surface area (Å²) in [4.78, 5) is 25.1. The molecule has 0 aromatic heterocycles. The molecule has 4 heteroatoms. The van der Waals surface area contributed by atoms with E-state index in [-0.39, 0.29) is 17.7 Å². The van der Waals surface area contributed by atoms with Crippen molar-refractivity contribution < 1.29 is 14.3 Å². The van der Waals surface area contributed by atoms with Crippen LogP contribution >= 0.6 is 0 Å². The van der Waals surface area contributed by atoms with Crippen LogP contribution in [0.5, 0.6) is 0 Å². The summed E-state index contributed by atoms with van der Waals surface area (Å²) >= 11 is 0. The molecule has 0 saturated carbocycles. The largest absolute Gasteiger partial charge is 0.447 e. The Morgan fingerprint density at radius 3 is 2.44 bits per heavy atom. The van der Waals surface area contributed by atoms with Gasteiger partial charge in [-0.1, -0.05) is 44.2 Å². The van der Waals surface area contributed by atoms with E-state index in [4.69, 9.17) is 4.74 Å². The lowest BCUT2D eigenvalue weighted by molar-refractivity contribution is -0.130. The molecule has 0 unspecified atom stereocenters. The van der Waals surface area contributed by atoms with Gasteiger partial charge in [0.15, 0.2) is 0 Å². The van der Waals surface area contributed by atoms with Gasteiger partial charge in [0.05, 0.1) is 12.5 Å². The minimum Gasteiger partial charge on any atom is -0.447 e. The number of carbonyl (C=O) groups is 2. The van der Waals surface area contributed by atoms with E-state index in [1.165, 1.54) is 4.90 Å². The average Bonchev–Trinajstić information content (AvgIpc) is 2.76. The number of carbonyl (C=O) groups excluding carboxylic acids is 2. The third kappa shape index (κ3) is 2.37. The molecule has 1 fully saturated rings. The topological polar surface area (TPSA) is 46.6 Å². The second-order valence-electron chi connectivity index (χ2n) is 4.74. The first kappa shape index (κ1) is 12.6. The average molecular weight is 247 g/mol. The zero-order valence-electron chi connectivity index (χ0n) is 10.6. The lowest BCUT2D eigenvalue weighted by Gasteiger charge is -2.23. The molecular weight excluding hydrogens is 230 g/mol. The molecule has 1 heterocycles. The zero-order valence-corrected chi connectivity index (χ0v) is 10.6. The van der Waals surface area contributed by atoms with Crippen LogP contribution in [-0.4, -0.2) is 30.1 Å². The summed E-state index contributed by atoms with van der Waals surface area (Å²) in [6.45, 7) is 4.62. The molecule has 1 aromatic rings. The molecule has 1 aliphatic heterocycles. The Hall–Kier alpha value is -1.84. The van der Waals surface area contributed by atoms with Crippen molar-refractivity contribution in [3.63, 3.8) is 0 Å². The number of hydrogen-bond donors (Lipinski definition) is 0. The maximum Gasteiger partial charge on any atom is 0.416 e. The van der Waals surface area contributed by atoms with E-state index in [0.717, 1.165) is 5.56 Å². The highest BCUT2D eigenvalue weighted by Crippen LogP contribution is 2.27. The molecule has 0 radical (unpaired) electrons. The lowest BCUT2D eigenvalue weighted by atomic mass is 9.87. The van der Waals surface area contributed by atoms with Gasteiger partial charge in [-0.25, -0.2) is 9.69 Å². The summed E-state index contributed by atoms with van der Waals surface area (Å²) < 4.78 is 4.82. The van der Waals surface area contributed by atoms with Gasteiger partial charge in [0.2, 0.25) is 5.91 Å². The fourth-order valence-electron chi connectivity index (χ4n) is 2.23. The number of hydrogen-bond acceptors (Lipinski definition) is 3. The van der Waals surface area contributed by atoms with Crippen LogP contribution in [0.1, 0.15) is 25.3 Å². The molecule has 18 heavy (non-hydrogen) atoms. The van der Waals surface area contributed by atoms with Crippen molar-refractivity contribution in [3.05, 3.63) is 35.9 Å². The van der Waals surface area contributed by atoms with Crippen molar-refractivity contribution in [2.75, 3.05) is 13.2 Å². The maximum atomic E-state index is 12.4. The third-order valence-electron chi connectivity index (χ3n) is 3.12. The molecule has 0 N–H and O–H groups in total. The normalized spacial score (nSPS) is 16.8. The van der Waals surface area contributed by atoms with Gasteiger partial charge in [-0.3, -0.25) is 4.79 Å². The highest BCUT2D eigenvalue weighted by molar-refractivity contribution is 5.96. The first-order chi connectivity index (χ1) is 8.61. The Bertz CT molecular complexity index is 442. The van der Waals surface area contributed by atoms with Crippen LogP contribution in [0, 0.1) is 5.92 Å². The monoisotopic (exact) mass is 247 g/mol. The predicted octanol–water partition coefficient (Wildman–Crippen LogP) is 2.41. The van der Waals surface area contributed by atoms with Crippen LogP contribution in [0.25, 0.3) is 0 Å². The zero-order chi connectivity index (χ0) is 13.1. The SMILES string of the molecule is CC(C)[C@@H](C(=O)N1CCOC1=O)c1ccccc1. The number of ether oxygens (including phenoxy) is 1.